The molecule has 2 aliphatic rings. The summed E-state index contributed by atoms with van der Waals surface area (Å²) < 4.78 is 125. The van der Waals surface area contributed by atoms with Crippen molar-refractivity contribution in [2.24, 2.45) is 0 Å². The van der Waals surface area contributed by atoms with Crippen LogP contribution in [0.25, 0.3) is 0 Å². The second-order valence-corrected chi connectivity index (χ2v) is 9.15. The number of cyclic esters (lactones) is 1. The van der Waals surface area contributed by atoms with E-state index in [2.05, 4.69) is 5.32 Å². The van der Waals surface area contributed by atoms with Crippen LogP contribution in [-0.2, 0) is 36.4 Å². The lowest BCUT2D eigenvalue weighted by molar-refractivity contribution is -0.143. The molecule has 0 aromatic heterocycles. The Morgan fingerprint density at radius 1 is 0.838 bits per heavy atom. The van der Waals surface area contributed by atoms with Gasteiger partial charge in [-0.15, -0.1) is 0 Å². The highest BCUT2D eigenvalue weighted by atomic mass is 19.4. The first kappa shape index (κ1) is 27.1. The van der Waals surface area contributed by atoms with E-state index < -0.39 is 59.0 Å². The lowest BCUT2D eigenvalue weighted by Gasteiger charge is -2.24. The van der Waals surface area contributed by atoms with Crippen molar-refractivity contribution in [3.8, 4) is 0 Å². The summed E-state index contributed by atoms with van der Waals surface area (Å²) in [4.78, 5) is 13.6. The quantitative estimate of drug-likeness (QED) is 0.399. The maximum absolute atomic E-state index is 13.3. The first-order valence-corrected chi connectivity index (χ1v) is 11.2. The number of rotatable bonds is 6. The molecule has 1 saturated heterocycles. The summed E-state index contributed by atoms with van der Waals surface area (Å²) in [5, 5.41) is 3.17. The van der Waals surface area contributed by atoms with Crippen molar-refractivity contribution in [3.05, 3.63) is 69.8 Å². The third-order valence-corrected chi connectivity index (χ3v) is 6.36. The van der Waals surface area contributed by atoms with Crippen molar-refractivity contribution in [3.63, 3.8) is 0 Å². The van der Waals surface area contributed by atoms with Gasteiger partial charge in [0.15, 0.2) is 0 Å². The van der Waals surface area contributed by atoms with Gasteiger partial charge in [-0.25, -0.2) is 4.79 Å². The first-order chi connectivity index (χ1) is 17.0. The van der Waals surface area contributed by atoms with Crippen LogP contribution in [0.3, 0.4) is 0 Å². The van der Waals surface area contributed by atoms with Gasteiger partial charge in [-0.2, -0.15) is 39.5 Å². The molecule has 0 radical (unpaired) electrons. The average Bonchev–Trinajstić information content (AvgIpc) is 3.57. The molecule has 0 spiro atoms. The number of nitrogens with zero attached hydrogens (tertiary/aromatic N) is 1. The summed E-state index contributed by atoms with van der Waals surface area (Å²) in [5.74, 6) is 0. The van der Waals surface area contributed by atoms with Gasteiger partial charge in [-0.1, -0.05) is 6.07 Å². The number of halogens is 9. The highest BCUT2D eigenvalue weighted by Crippen LogP contribution is 2.41. The zero-order valence-corrected chi connectivity index (χ0v) is 19.2. The molecular formula is C24H21F9N2O2. The molecule has 1 aliphatic heterocycles. The number of benzene rings is 2. The highest BCUT2D eigenvalue weighted by molar-refractivity contribution is 5.71. The van der Waals surface area contributed by atoms with Crippen molar-refractivity contribution in [2.45, 2.75) is 69.6 Å². The van der Waals surface area contributed by atoms with E-state index in [4.69, 9.17) is 4.74 Å². The van der Waals surface area contributed by atoms with Gasteiger partial charge >= 0.3 is 24.6 Å². The summed E-state index contributed by atoms with van der Waals surface area (Å²) in [6.45, 7) is 1.19. The maximum Gasteiger partial charge on any atom is 0.416 e. The molecule has 2 fully saturated rings. The van der Waals surface area contributed by atoms with Crippen LogP contribution in [0, 0.1) is 0 Å². The Kier molecular flexibility index (Phi) is 6.89. The Balaban J connectivity index is 1.65. The lowest BCUT2D eigenvalue weighted by atomic mass is 9.97. The Hall–Kier alpha value is -2.96. The Morgan fingerprint density at radius 3 is 1.92 bits per heavy atom. The smallest absolute Gasteiger partial charge is 0.416 e. The number of hydrogen-bond acceptors (Lipinski definition) is 3. The largest absolute Gasteiger partial charge is 0.439 e. The van der Waals surface area contributed by atoms with Crippen LogP contribution in [0.15, 0.2) is 36.4 Å². The van der Waals surface area contributed by atoms with Crippen molar-refractivity contribution < 1.29 is 49.0 Å². The van der Waals surface area contributed by atoms with E-state index in [9.17, 15) is 44.3 Å². The Bertz CT molecular complexity index is 1140. The van der Waals surface area contributed by atoms with E-state index in [-0.39, 0.29) is 30.8 Å². The van der Waals surface area contributed by atoms with Gasteiger partial charge in [-0.05, 0) is 66.8 Å². The summed E-state index contributed by atoms with van der Waals surface area (Å²) in [6, 6.07) is 3.14. The number of carbonyl (C=O) groups excluding carboxylic acids is 1. The molecule has 0 bridgehead atoms. The minimum atomic E-state index is -5.09. The highest BCUT2D eigenvalue weighted by Gasteiger charge is 2.43. The summed E-state index contributed by atoms with van der Waals surface area (Å²) in [6.07, 6.45) is -15.6. The molecule has 37 heavy (non-hydrogen) atoms. The molecular weight excluding hydrogens is 519 g/mol. The van der Waals surface area contributed by atoms with Crippen LogP contribution in [0.2, 0.25) is 0 Å². The molecule has 13 heteroatoms. The van der Waals surface area contributed by atoms with Crippen LogP contribution in [-0.4, -0.2) is 23.1 Å². The fourth-order valence-electron chi connectivity index (χ4n) is 4.15. The number of nitrogens with one attached hydrogen (secondary N) is 1. The van der Waals surface area contributed by atoms with Crippen LogP contribution in [0.4, 0.5) is 44.3 Å². The number of carbonyl (C=O) groups is 1. The van der Waals surface area contributed by atoms with Gasteiger partial charge in [0.05, 0.1) is 22.7 Å². The zero-order valence-electron chi connectivity index (χ0n) is 19.2. The van der Waals surface area contributed by atoms with Gasteiger partial charge in [0, 0.05) is 19.1 Å². The average molecular weight is 540 g/mol. The summed E-state index contributed by atoms with van der Waals surface area (Å²) in [5.41, 5.74) is -4.00. The Morgan fingerprint density at radius 2 is 1.41 bits per heavy atom. The molecule has 1 saturated carbocycles. The van der Waals surface area contributed by atoms with E-state index in [1.54, 1.807) is 0 Å². The van der Waals surface area contributed by atoms with Crippen molar-refractivity contribution in [1.29, 1.82) is 0 Å². The molecule has 2 aromatic carbocycles. The minimum absolute atomic E-state index is 0.0372. The predicted molar refractivity (Wildman–Crippen MR) is 112 cm³/mol. The molecule has 0 unspecified atom stereocenters. The number of amides is 1. The molecule has 4 rings (SSSR count). The minimum Gasteiger partial charge on any atom is -0.439 e. The van der Waals surface area contributed by atoms with E-state index in [1.165, 1.54) is 13.0 Å². The monoisotopic (exact) mass is 540 g/mol. The molecule has 1 amide bonds. The van der Waals surface area contributed by atoms with E-state index in [1.807, 2.05) is 0 Å². The third-order valence-electron chi connectivity index (χ3n) is 6.36. The molecule has 2 atom stereocenters. The SMILES string of the molecule is C[C@H]1[C@@H](c2cc(C(F)(F)F)cc(C(F)(F)F)c2)OC(=O)N1Cc1cc(C(F)(F)F)ccc1CNC1CC1. The number of alkyl halides is 9. The molecule has 4 nitrogen and oxygen atoms in total. The van der Waals surface area contributed by atoms with E-state index >= 15 is 0 Å². The second-order valence-electron chi connectivity index (χ2n) is 9.15. The van der Waals surface area contributed by atoms with Gasteiger partial charge in [0.1, 0.15) is 6.10 Å². The van der Waals surface area contributed by atoms with E-state index in [0.29, 0.717) is 17.7 Å². The summed E-state index contributed by atoms with van der Waals surface area (Å²) in [7, 11) is 0. The third kappa shape index (κ3) is 6.13. The first-order valence-electron chi connectivity index (χ1n) is 11.2. The summed E-state index contributed by atoms with van der Waals surface area (Å²) >= 11 is 0. The molecule has 1 aliphatic carbocycles. The van der Waals surface area contributed by atoms with Gasteiger partial charge in [0.2, 0.25) is 0 Å². The van der Waals surface area contributed by atoms with Crippen LogP contribution in [0.1, 0.15) is 59.3 Å². The van der Waals surface area contributed by atoms with Crippen LogP contribution in [0.5, 0.6) is 0 Å². The number of hydrogen-bond donors (Lipinski definition) is 1. The number of ether oxygens (including phenoxy) is 1. The normalized spacial score (nSPS) is 20.9. The fraction of sp³-hybridized carbons (Fsp3) is 0.458. The van der Waals surface area contributed by atoms with Crippen molar-refractivity contribution >= 4 is 6.09 Å². The standard InChI is InChI=1S/C24H21F9N2O2/c1-12-20(14-6-17(23(28,29)30)9-18(7-14)24(31,32)33)37-21(36)35(12)11-15-8-16(22(25,26)27)3-2-13(15)10-34-19-4-5-19/h2-3,6-9,12,19-20,34H,4-5,10-11H2,1H3/t12-,20-/m0/s1. The molecule has 202 valence electrons. The molecule has 1 N–H and O–H groups in total. The van der Waals surface area contributed by atoms with Gasteiger partial charge < -0.3 is 10.1 Å². The topological polar surface area (TPSA) is 41.6 Å². The second kappa shape index (κ2) is 9.41. The molecule has 2 aromatic rings. The molecule has 1 heterocycles. The lowest BCUT2D eigenvalue weighted by Crippen LogP contribution is -2.32. The fourth-order valence-corrected chi connectivity index (χ4v) is 4.15. The maximum atomic E-state index is 13.3. The van der Waals surface area contributed by atoms with Crippen molar-refractivity contribution in [2.75, 3.05) is 0 Å². The van der Waals surface area contributed by atoms with Crippen LogP contribution < -0.4 is 5.32 Å². The van der Waals surface area contributed by atoms with Gasteiger partial charge in [0.25, 0.3) is 0 Å². The van der Waals surface area contributed by atoms with E-state index in [0.717, 1.165) is 29.9 Å². The van der Waals surface area contributed by atoms with Crippen LogP contribution >= 0.6 is 0 Å². The Labute approximate surface area is 205 Å². The predicted octanol–water partition coefficient (Wildman–Crippen LogP) is 7.08. The van der Waals surface area contributed by atoms with Crippen molar-refractivity contribution in [1.82, 2.24) is 10.2 Å². The van der Waals surface area contributed by atoms with Gasteiger partial charge in [-0.3, -0.25) is 4.90 Å². The zero-order chi connectivity index (χ0) is 27.3.